The number of carbonyl (C=O) groups is 1. The average Bonchev–Trinajstić information content (AvgIpc) is 2.69. The lowest BCUT2D eigenvalue weighted by molar-refractivity contribution is -0.120. The van der Waals surface area contributed by atoms with Crippen molar-refractivity contribution < 1.29 is 9.53 Å². The van der Waals surface area contributed by atoms with Gasteiger partial charge in [-0.1, -0.05) is 85.3 Å². The van der Waals surface area contributed by atoms with Crippen LogP contribution in [-0.4, -0.2) is 18.7 Å². The summed E-state index contributed by atoms with van der Waals surface area (Å²) in [7, 11) is 0. The largest absolute Gasteiger partial charge is 0.493 e. The smallest absolute Gasteiger partial charge is 0.244 e. The Labute approximate surface area is 176 Å². The van der Waals surface area contributed by atoms with Crippen molar-refractivity contribution in [3.05, 3.63) is 64.1 Å². The standard InChI is InChI=1S/C23H29BrN2O2/c1-2-3-4-5-6-10-15-28-22-14-13-21(24)17-20(22)18-25-26-23(27)16-19-11-8-7-9-12-19/h7-9,11-14,17-18H,2-6,10,15-16H2,1H3,(H,26,27). The van der Waals surface area contributed by atoms with E-state index in [0.29, 0.717) is 13.0 Å². The van der Waals surface area contributed by atoms with Crippen LogP contribution in [0.3, 0.4) is 0 Å². The zero-order chi connectivity index (χ0) is 20.0. The molecule has 0 bridgehead atoms. The Kier molecular flexibility index (Phi) is 10.4. The number of ether oxygens (including phenoxy) is 1. The van der Waals surface area contributed by atoms with Crippen LogP contribution in [0.15, 0.2) is 58.1 Å². The second kappa shape index (κ2) is 13.1. The maximum atomic E-state index is 12.0. The number of rotatable bonds is 12. The van der Waals surface area contributed by atoms with Crippen LogP contribution in [0.4, 0.5) is 0 Å². The molecule has 0 fully saturated rings. The van der Waals surface area contributed by atoms with Gasteiger partial charge in [0.2, 0.25) is 5.91 Å². The van der Waals surface area contributed by atoms with Gasteiger partial charge in [0.25, 0.3) is 0 Å². The molecule has 4 nitrogen and oxygen atoms in total. The number of hydrogen-bond donors (Lipinski definition) is 1. The molecule has 0 unspecified atom stereocenters. The Bertz CT molecular complexity index is 748. The minimum Gasteiger partial charge on any atom is -0.493 e. The fourth-order valence-corrected chi connectivity index (χ4v) is 3.19. The molecule has 0 saturated carbocycles. The van der Waals surface area contributed by atoms with E-state index in [2.05, 4.69) is 33.4 Å². The highest BCUT2D eigenvalue weighted by atomic mass is 79.9. The summed E-state index contributed by atoms with van der Waals surface area (Å²) in [4.78, 5) is 12.0. The molecule has 28 heavy (non-hydrogen) atoms. The molecule has 0 heterocycles. The third-order valence-electron chi connectivity index (χ3n) is 4.33. The highest BCUT2D eigenvalue weighted by molar-refractivity contribution is 9.10. The number of hydrazone groups is 1. The molecule has 150 valence electrons. The van der Waals surface area contributed by atoms with E-state index in [9.17, 15) is 4.79 Å². The molecule has 0 atom stereocenters. The molecule has 0 aliphatic heterocycles. The maximum absolute atomic E-state index is 12.0. The second-order valence-corrected chi connectivity index (χ2v) is 7.67. The summed E-state index contributed by atoms with van der Waals surface area (Å²) < 4.78 is 6.87. The summed E-state index contributed by atoms with van der Waals surface area (Å²) in [6.45, 7) is 2.92. The van der Waals surface area contributed by atoms with E-state index < -0.39 is 0 Å². The Morgan fingerprint density at radius 3 is 2.61 bits per heavy atom. The van der Waals surface area contributed by atoms with Crippen LogP contribution in [0.2, 0.25) is 0 Å². The molecule has 0 spiro atoms. The Balaban J connectivity index is 1.82. The maximum Gasteiger partial charge on any atom is 0.244 e. The Hall–Kier alpha value is -2.14. The van der Waals surface area contributed by atoms with Gasteiger partial charge in [0, 0.05) is 10.0 Å². The van der Waals surface area contributed by atoms with Gasteiger partial charge in [-0.25, -0.2) is 5.43 Å². The van der Waals surface area contributed by atoms with Gasteiger partial charge in [-0.15, -0.1) is 0 Å². The van der Waals surface area contributed by atoms with Crippen LogP contribution in [0, 0.1) is 0 Å². The topological polar surface area (TPSA) is 50.7 Å². The van der Waals surface area contributed by atoms with Crippen molar-refractivity contribution >= 4 is 28.1 Å². The van der Waals surface area contributed by atoms with Gasteiger partial charge in [-0.2, -0.15) is 5.10 Å². The van der Waals surface area contributed by atoms with Gasteiger partial charge < -0.3 is 4.74 Å². The number of hydrogen-bond acceptors (Lipinski definition) is 3. The first-order chi connectivity index (χ1) is 13.7. The van der Waals surface area contributed by atoms with Crippen LogP contribution in [-0.2, 0) is 11.2 Å². The summed E-state index contributed by atoms with van der Waals surface area (Å²) in [5, 5.41) is 4.09. The summed E-state index contributed by atoms with van der Waals surface area (Å²) in [5.74, 6) is 0.629. The van der Waals surface area contributed by atoms with E-state index in [0.717, 1.165) is 27.8 Å². The molecule has 1 N–H and O–H groups in total. The van der Waals surface area contributed by atoms with Crippen molar-refractivity contribution in [2.75, 3.05) is 6.61 Å². The van der Waals surface area contributed by atoms with Crippen LogP contribution in [0.1, 0.15) is 56.6 Å². The van der Waals surface area contributed by atoms with Crippen LogP contribution < -0.4 is 10.2 Å². The minimum absolute atomic E-state index is 0.146. The summed E-state index contributed by atoms with van der Waals surface area (Å²) >= 11 is 3.47. The lowest BCUT2D eigenvalue weighted by Crippen LogP contribution is -2.19. The first kappa shape index (κ1) is 22.2. The van der Waals surface area contributed by atoms with E-state index in [4.69, 9.17) is 4.74 Å². The number of nitrogens with zero attached hydrogens (tertiary/aromatic N) is 1. The predicted molar refractivity (Wildman–Crippen MR) is 119 cm³/mol. The molecular formula is C23H29BrN2O2. The average molecular weight is 445 g/mol. The zero-order valence-corrected chi connectivity index (χ0v) is 18.1. The van der Waals surface area contributed by atoms with Crippen LogP contribution in [0.25, 0.3) is 0 Å². The molecule has 2 aromatic carbocycles. The van der Waals surface area contributed by atoms with E-state index in [-0.39, 0.29) is 5.91 Å². The highest BCUT2D eigenvalue weighted by Crippen LogP contribution is 2.22. The van der Waals surface area contributed by atoms with Gasteiger partial charge in [0.05, 0.1) is 19.2 Å². The van der Waals surface area contributed by atoms with Crippen molar-refractivity contribution in [2.45, 2.75) is 51.9 Å². The normalized spacial score (nSPS) is 10.9. The Morgan fingerprint density at radius 1 is 1.07 bits per heavy atom. The molecule has 2 rings (SSSR count). The fraction of sp³-hybridized carbons (Fsp3) is 0.391. The lowest BCUT2D eigenvalue weighted by Gasteiger charge is -2.09. The minimum atomic E-state index is -0.146. The first-order valence-electron chi connectivity index (χ1n) is 9.97. The number of halogens is 1. The zero-order valence-electron chi connectivity index (χ0n) is 16.5. The van der Waals surface area contributed by atoms with Crippen molar-refractivity contribution in [1.82, 2.24) is 5.43 Å². The van der Waals surface area contributed by atoms with Crippen molar-refractivity contribution in [1.29, 1.82) is 0 Å². The van der Waals surface area contributed by atoms with Gasteiger partial charge in [0.15, 0.2) is 0 Å². The molecule has 0 aromatic heterocycles. The first-order valence-corrected chi connectivity index (χ1v) is 10.8. The van der Waals surface area contributed by atoms with Crippen molar-refractivity contribution in [3.8, 4) is 5.75 Å². The molecular weight excluding hydrogens is 416 g/mol. The molecule has 0 radical (unpaired) electrons. The number of nitrogens with one attached hydrogen (secondary N) is 1. The van der Waals surface area contributed by atoms with E-state index in [1.165, 1.54) is 32.1 Å². The van der Waals surface area contributed by atoms with Crippen LogP contribution in [0.5, 0.6) is 5.75 Å². The van der Waals surface area contributed by atoms with Gasteiger partial charge >= 0.3 is 0 Å². The van der Waals surface area contributed by atoms with E-state index >= 15 is 0 Å². The van der Waals surface area contributed by atoms with Gasteiger partial charge in [-0.05, 0) is 30.2 Å². The number of amides is 1. The molecule has 5 heteroatoms. The molecule has 0 aliphatic rings. The molecule has 0 aliphatic carbocycles. The van der Waals surface area contributed by atoms with Crippen molar-refractivity contribution in [2.24, 2.45) is 5.10 Å². The van der Waals surface area contributed by atoms with Gasteiger partial charge in [-0.3, -0.25) is 4.79 Å². The van der Waals surface area contributed by atoms with Gasteiger partial charge in [0.1, 0.15) is 5.75 Å². The third-order valence-corrected chi connectivity index (χ3v) is 4.82. The summed E-state index contributed by atoms with van der Waals surface area (Å²) in [6.07, 6.45) is 9.31. The molecule has 0 saturated heterocycles. The summed E-state index contributed by atoms with van der Waals surface area (Å²) in [6, 6.07) is 15.4. The Morgan fingerprint density at radius 2 is 1.82 bits per heavy atom. The highest BCUT2D eigenvalue weighted by Gasteiger charge is 2.04. The van der Waals surface area contributed by atoms with Crippen LogP contribution >= 0.6 is 15.9 Å². The predicted octanol–water partition coefficient (Wildman–Crippen LogP) is 5.88. The number of unbranched alkanes of at least 4 members (excludes halogenated alkanes) is 5. The lowest BCUT2D eigenvalue weighted by atomic mass is 10.1. The molecule has 2 aromatic rings. The fourth-order valence-electron chi connectivity index (χ4n) is 2.81. The monoisotopic (exact) mass is 444 g/mol. The van der Waals surface area contributed by atoms with E-state index in [1.807, 2.05) is 48.5 Å². The van der Waals surface area contributed by atoms with Crippen molar-refractivity contribution in [3.63, 3.8) is 0 Å². The SMILES string of the molecule is CCCCCCCCOc1ccc(Br)cc1C=NNC(=O)Cc1ccccc1. The second-order valence-electron chi connectivity index (χ2n) is 6.75. The molecule has 1 amide bonds. The summed E-state index contributed by atoms with van der Waals surface area (Å²) in [5.41, 5.74) is 4.37. The van der Waals surface area contributed by atoms with E-state index in [1.54, 1.807) is 6.21 Å². The third kappa shape index (κ3) is 8.70. The number of carbonyl (C=O) groups excluding carboxylic acids is 1. The number of benzene rings is 2. The quantitative estimate of drug-likeness (QED) is 0.252.